The third-order valence-electron chi connectivity index (χ3n) is 2.21. The molecule has 0 radical (unpaired) electrons. The second-order valence-electron chi connectivity index (χ2n) is 3.47. The highest BCUT2D eigenvalue weighted by atomic mass is 32.1. The number of hydrogen-bond acceptors (Lipinski definition) is 7. The van der Waals surface area contributed by atoms with Crippen LogP contribution in [0.15, 0.2) is 18.5 Å². The Labute approximate surface area is 114 Å². The molecule has 0 aliphatic carbocycles. The Morgan fingerprint density at radius 1 is 1.47 bits per heavy atom. The Morgan fingerprint density at radius 3 is 3.00 bits per heavy atom. The van der Waals surface area contributed by atoms with Gasteiger partial charge >= 0.3 is 0 Å². The average Bonchev–Trinajstić information content (AvgIpc) is 2.94. The summed E-state index contributed by atoms with van der Waals surface area (Å²) in [5, 5.41) is 0.919. The van der Waals surface area contributed by atoms with Crippen LogP contribution in [-0.2, 0) is 6.42 Å². The Kier molecular flexibility index (Phi) is 4.24. The fourth-order valence-electron chi connectivity index (χ4n) is 1.27. The van der Waals surface area contributed by atoms with Crippen molar-refractivity contribution in [2.24, 2.45) is 0 Å². The molecule has 0 bridgehead atoms. The lowest BCUT2D eigenvalue weighted by molar-refractivity contribution is 0.0966. The van der Waals surface area contributed by atoms with E-state index in [0.717, 1.165) is 11.4 Å². The third-order valence-corrected chi connectivity index (χ3v) is 3.35. The lowest BCUT2D eigenvalue weighted by Gasteiger charge is -2.06. The van der Waals surface area contributed by atoms with Crippen LogP contribution in [-0.4, -0.2) is 28.0 Å². The standard InChI is InChI=1S/C11H13N5O2S/c1-3-9-13-6-7(19-9)10(17)15-16-11-12-5-4-8(14-11)18-2/h4-6H,3H2,1-2H3,(H,15,17)(H,12,14,16). The first-order valence-electron chi connectivity index (χ1n) is 5.61. The van der Waals surface area contributed by atoms with E-state index in [9.17, 15) is 4.79 Å². The van der Waals surface area contributed by atoms with Crippen LogP contribution in [0.2, 0.25) is 0 Å². The number of rotatable bonds is 5. The monoisotopic (exact) mass is 279 g/mol. The number of hydrogen-bond donors (Lipinski definition) is 2. The SMILES string of the molecule is CCc1ncc(C(=O)NNc2nccc(OC)n2)s1. The van der Waals surface area contributed by atoms with Crippen LogP contribution in [0.1, 0.15) is 21.6 Å². The van der Waals surface area contributed by atoms with Gasteiger partial charge in [0.15, 0.2) is 0 Å². The van der Waals surface area contributed by atoms with E-state index in [0.29, 0.717) is 10.8 Å². The molecule has 0 aliphatic rings. The maximum absolute atomic E-state index is 11.8. The summed E-state index contributed by atoms with van der Waals surface area (Å²) < 4.78 is 4.95. The van der Waals surface area contributed by atoms with Gasteiger partial charge in [0.25, 0.3) is 5.91 Å². The van der Waals surface area contributed by atoms with Crippen molar-refractivity contribution in [3.05, 3.63) is 28.3 Å². The fraction of sp³-hybridized carbons (Fsp3) is 0.273. The van der Waals surface area contributed by atoms with Crippen molar-refractivity contribution in [3.8, 4) is 5.88 Å². The van der Waals surface area contributed by atoms with Crippen LogP contribution in [0, 0.1) is 0 Å². The zero-order valence-electron chi connectivity index (χ0n) is 10.5. The van der Waals surface area contributed by atoms with Crippen molar-refractivity contribution >= 4 is 23.2 Å². The molecule has 0 saturated carbocycles. The van der Waals surface area contributed by atoms with Crippen molar-refractivity contribution in [1.29, 1.82) is 0 Å². The van der Waals surface area contributed by atoms with Crippen LogP contribution in [0.3, 0.4) is 0 Å². The summed E-state index contributed by atoms with van der Waals surface area (Å²) in [6.45, 7) is 1.99. The number of carbonyl (C=O) groups excluding carboxylic acids is 1. The molecule has 0 saturated heterocycles. The van der Waals surface area contributed by atoms with E-state index >= 15 is 0 Å². The molecule has 2 rings (SSSR count). The first-order valence-corrected chi connectivity index (χ1v) is 6.42. The number of anilines is 1. The van der Waals surface area contributed by atoms with Gasteiger partial charge < -0.3 is 4.74 Å². The van der Waals surface area contributed by atoms with Crippen LogP contribution < -0.4 is 15.6 Å². The molecule has 100 valence electrons. The predicted octanol–water partition coefficient (Wildman–Crippen LogP) is 1.26. The molecular weight excluding hydrogens is 266 g/mol. The molecule has 2 aromatic heterocycles. The highest BCUT2D eigenvalue weighted by Gasteiger charge is 2.10. The summed E-state index contributed by atoms with van der Waals surface area (Å²) in [5.41, 5.74) is 5.13. The molecule has 0 aromatic carbocycles. The van der Waals surface area contributed by atoms with Crippen molar-refractivity contribution in [2.45, 2.75) is 13.3 Å². The molecule has 19 heavy (non-hydrogen) atoms. The molecule has 0 spiro atoms. The van der Waals surface area contributed by atoms with E-state index in [1.54, 1.807) is 12.3 Å². The molecule has 1 amide bonds. The van der Waals surface area contributed by atoms with Gasteiger partial charge in [0.2, 0.25) is 11.8 Å². The van der Waals surface area contributed by atoms with Crippen LogP contribution >= 0.6 is 11.3 Å². The Bertz CT molecular complexity index is 572. The zero-order valence-corrected chi connectivity index (χ0v) is 11.3. The average molecular weight is 279 g/mol. The summed E-state index contributed by atoms with van der Waals surface area (Å²) in [6.07, 6.45) is 3.89. The van der Waals surface area contributed by atoms with Crippen molar-refractivity contribution in [3.63, 3.8) is 0 Å². The highest BCUT2D eigenvalue weighted by molar-refractivity contribution is 7.13. The number of amides is 1. The molecule has 2 aromatic rings. The second kappa shape index (κ2) is 6.10. The van der Waals surface area contributed by atoms with E-state index in [2.05, 4.69) is 25.8 Å². The Balaban J connectivity index is 1.96. The van der Waals surface area contributed by atoms with Gasteiger partial charge in [-0.05, 0) is 6.42 Å². The van der Waals surface area contributed by atoms with Gasteiger partial charge in [0.1, 0.15) is 4.88 Å². The molecule has 2 N–H and O–H groups in total. The van der Waals surface area contributed by atoms with E-state index < -0.39 is 0 Å². The number of thiazole rings is 1. The maximum Gasteiger partial charge on any atom is 0.281 e. The lowest BCUT2D eigenvalue weighted by Crippen LogP contribution is -2.29. The van der Waals surface area contributed by atoms with E-state index in [4.69, 9.17) is 4.74 Å². The largest absolute Gasteiger partial charge is 0.481 e. The maximum atomic E-state index is 11.8. The smallest absolute Gasteiger partial charge is 0.281 e. The molecular formula is C11H13N5O2S. The van der Waals surface area contributed by atoms with Gasteiger partial charge in [-0.25, -0.2) is 9.97 Å². The molecule has 2 heterocycles. The van der Waals surface area contributed by atoms with Crippen molar-refractivity contribution in [2.75, 3.05) is 12.5 Å². The number of methoxy groups -OCH3 is 1. The number of nitrogens with one attached hydrogen (secondary N) is 2. The molecule has 8 heteroatoms. The molecule has 0 atom stereocenters. The number of hydrazine groups is 1. The number of ether oxygens (including phenoxy) is 1. The Morgan fingerprint density at radius 2 is 2.32 bits per heavy atom. The number of aromatic nitrogens is 3. The van der Waals surface area contributed by atoms with Gasteiger partial charge in [0, 0.05) is 12.3 Å². The summed E-state index contributed by atoms with van der Waals surface area (Å²) in [4.78, 5) is 24.4. The quantitative estimate of drug-likeness (QED) is 0.801. The Hall–Kier alpha value is -2.22. The number of aryl methyl sites for hydroxylation is 1. The van der Waals surface area contributed by atoms with Crippen LogP contribution in [0.5, 0.6) is 5.88 Å². The number of carbonyl (C=O) groups is 1. The van der Waals surface area contributed by atoms with Gasteiger partial charge in [-0.15, -0.1) is 11.3 Å². The first-order chi connectivity index (χ1) is 9.22. The van der Waals surface area contributed by atoms with Gasteiger partial charge in [0.05, 0.1) is 18.3 Å². The van der Waals surface area contributed by atoms with E-state index in [1.807, 2.05) is 6.92 Å². The lowest BCUT2D eigenvalue weighted by atomic mass is 10.5. The highest BCUT2D eigenvalue weighted by Crippen LogP contribution is 2.13. The van der Waals surface area contributed by atoms with Crippen molar-refractivity contribution in [1.82, 2.24) is 20.4 Å². The second-order valence-corrected chi connectivity index (χ2v) is 4.59. The summed E-state index contributed by atoms with van der Waals surface area (Å²) in [5.74, 6) is 0.398. The van der Waals surface area contributed by atoms with Gasteiger partial charge in [-0.1, -0.05) is 6.92 Å². The normalized spacial score (nSPS) is 10.0. The van der Waals surface area contributed by atoms with Crippen LogP contribution in [0.4, 0.5) is 5.95 Å². The van der Waals surface area contributed by atoms with Crippen LogP contribution in [0.25, 0.3) is 0 Å². The van der Waals surface area contributed by atoms with Gasteiger partial charge in [-0.3, -0.25) is 15.6 Å². The molecule has 0 fully saturated rings. The molecule has 0 aliphatic heterocycles. The van der Waals surface area contributed by atoms with Crippen molar-refractivity contribution < 1.29 is 9.53 Å². The minimum atomic E-state index is -0.274. The topological polar surface area (TPSA) is 89.0 Å². The van der Waals surface area contributed by atoms with Gasteiger partial charge in [-0.2, -0.15) is 4.98 Å². The van der Waals surface area contributed by atoms with E-state index in [1.165, 1.54) is 24.6 Å². The minimum absolute atomic E-state index is 0.257. The fourth-order valence-corrected chi connectivity index (χ4v) is 2.02. The molecule has 0 unspecified atom stereocenters. The minimum Gasteiger partial charge on any atom is -0.481 e. The first kappa shape index (κ1) is 13.2. The zero-order chi connectivity index (χ0) is 13.7. The summed E-state index contributed by atoms with van der Waals surface area (Å²) in [6, 6.07) is 1.61. The summed E-state index contributed by atoms with van der Waals surface area (Å²) >= 11 is 1.36. The predicted molar refractivity (Wildman–Crippen MR) is 71.2 cm³/mol. The summed E-state index contributed by atoms with van der Waals surface area (Å²) in [7, 11) is 1.51. The molecule has 7 nitrogen and oxygen atoms in total. The van der Waals surface area contributed by atoms with E-state index in [-0.39, 0.29) is 11.9 Å². The third kappa shape index (κ3) is 3.38. The number of nitrogens with zero attached hydrogens (tertiary/aromatic N) is 3.